The topological polar surface area (TPSA) is 97.3 Å². The molecule has 0 aromatic carbocycles. The summed E-state index contributed by atoms with van der Waals surface area (Å²) in [5.41, 5.74) is 11.4. The van der Waals surface area contributed by atoms with E-state index in [0.29, 0.717) is 10.6 Å². The van der Waals surface area contributed by atoms with Gasteiger partial charge in [-0.1, -0.05) is 0 Å². The molecule has 2 rings (SSSR count). The van der Waals surface area contributed by atoms with Crippen LogP contribution in [0.4, 0.5) is 10.8 Å². The Morgan fingerprint density at radius 2 is 2.22 bits per heavy atom. The normalized spacial score (nSPS) is 17.5. The zero-order valence-electron chi connectivity index (χ0n) is 10.7. The summed E-state index contributed by atoms with van der Waals surface area (Å²) in [6, 6.07) is 0. The molecular formula is C11H19N5OS. The van der Waals surface area contributed by atoms with Crippen LogP contribution in [0.25, 0.3) is 0 Å². The van der Waals surface area contributed by atoms with E-state index in [2.05, 4.69) is 28.7 Å². The fourth-order valence-corrected chi connectivity index (χ4v) is 2.99. The number of nitrogen functional groups attached to an aromatic ring is 1. The molecule has 5 N–H and O–H groups in total. The number of nitrogens with one attached hydrogen (secondary N) is 1. The maximum absolute atomic E-state index is 11.3. The molecule has 1 aliphatic rings. The molecule has 6 nitrogen and oxygen atoms in total. The van der Waals surface area contributed by atoms with Crippen LogP contribution in [0.3, 0.4) is 0 Å². The number of aromatic nitrogens is 1. The molecular weight excluding hydrogens is 250 g/mol. The largest absolute Gasteiger partial charge is 0.382 e. The maximum atomic E-state index is 11.3. The Hall–Kier alpha value is -1.34. The van der Waals surface area contributed by atoms with E-state index in [9.17, 15) is 4.79 Å². The molecule has 0 unspecified atom stereocenters. The zero-order chi connectivity index (χ0) is 13.3. The van der Waals surface area contributed by atoms with Crippen molar-refractivity contribution < 1.29 is 4.79 Å². The molecule has 0 saturated heterocycles. The van der Waals surface area contributed by atoms with Crippen molar-refractivity contribution >= 4 is 28.3 Å². The van der Waals surface area contributed by atoms with Crippen LogP contribution in [0.2, 0.25) is 0 Å². The van der Waals surface area contributed by atoms with Crippen molar-refractivity contribution in [2.45, 2.75) is 24.8 Å². The summed E-state index contributed by atoms with van der Waals surface area (Å²) >= 11 is 1.19. The van der Waals surface area contributed by atoms with Gasteiger partial charge >= 0.3 is 0 Å². The van der Waals surface area contributed by atoms with E-state index in [-0.39, 0.29) is 11.4 Å². The summed E-state index contributed by atoms with van der Waals surface area (Å²) in [5, 5.41) is 3.95. The average Bonchev–Trinajstić information content (AvgIpc) is 2.57. The number of primary amides is 1. The van der Waals surface area contributed by atoms with Crippen LogP contribution in [0.1, 0.15) is 29.6 Å². The third-order valence-electron chi connectivity index (χ3n) is 3.78. The zero-order valence-corrected chi connectivity index (χ0v) is 11.5. The van der Waals surface area contributed by atoms with E-state index in [1.807, 2.05) is 0 Å². The van der Waals surface area contributed by atoms with E-state index in [4.69, 9.17) is 11.5 Å². The molecule has 1 aliphatic carbocycles. The molecule has 1 heterocycles. The van der Waals surface area contributed by atoms with Gasteiger partial charge < -0.3 is 21.7 Å². The average molecular weight is 269 g/mol. The van der Waals surface area contributed by atoms with Crippen molar-refractivity contribution in [3.63, 3.8) is 0 Å². The first kappa shape index (κ1) is 13.1. The lowest BCUT2D eigenvalue weighted by Gasteiger charge is -2.47. The van der Waals surface area contributed by atoms with Gasteiger partial charge in [-0.3, -0.25) is 4.79 Å². The van der Waals surface area contributed by atoms with E-state index >= 15 is 0 Å². The molecule has 1 aromatic heterocycles. The number of likely N-dealkylation sites (N-methyl/N-ethyl adjacent to an activating group) is 1. The van der Waals surface area contributed by atoms with Gasteiger partial charge in [-0.25, -0.2) is 0 Å². The minimum Gasteiger partial charge on any atom is -0.382 e. The Morgan fingerprint density at radius 1 is 1.56 bits per heavy atom. The first-order chi connectivity index (χ1) is 8.46. The number of carbonyl (C=O) groups is 1. The monoisotopic (exact) mass is 269 g/mol. The lowest BCUT2D eigenvalue weighted by Crippen LogP contribution is -2.54. The minimum atomic E-state index is -0.531. The third kappa shape index (κ3) is 2.15. The molecule has 1 saturated carbocycles. The molecule has 0 radical (unpaired) electrons. The molecule has 7 heteroatoms. The van der Waals surface area contributed by atoms with Crippen LogP contribution < -0.4 is 16.8 Å². The quantitative estimate of drug-likeness (QED) is 0.732. The van der Waals surface area contributed by atoms with E-state index < -0.39 is 5.91 Å². The van der Waals surface area contributed by atoms with Crippen molar-refractivity contribution in [2.24, 2.45) is 5.73 Å². The molecule has 0 aliphatic heterocycles. The number of amides is 1. The number of carbonyl (C=O) groups excluding carboxylic acids is 1. The predicted octanol–water partition coefficient (Wildman–Crippen LogP) is 0.720. The summed E-state index contributed by atoms with van der Waals surface area (Å²) in [7, 11) is 4.16. The van der Waals surface area contributed by atoms with Crippen molar-refractivity contribution in [1.29, 1.82) is 0 Å². The fourth-order valence-electron chi connectivity index (χ4n) is 2.27. The Morgan fingerprint density at radius 3 is 2.67 bits per heavy atom. The molecule has 100 valence electrons. The van der Waals surface area contributed by atoms with Gasteiger partial charge in [0.2, 0.25) is 0 Å². The minimum absolute atomic E-state index is 0.174. The Kier molecular flexibility index (Phi) is 3.45. The lowest BCUT2D eigenvalue weighted by atomic mass is 9.75. The van der Waals surface area contributed by atoms with Crippen LogP contribution >= 0.6 is 11.5 Å². The summed E-state index contributed by atoms with van der Waals surface area (Å²) in [4.78, 5) is 13.5. The molecule has 18 heavy (non-hydrogen) atoms. The van der Waals surface area contributed by atoms with E-state index in [1.54, 1.807) is 0 Å². The van der Waals surface area contributed by atoms with Crippen LogP contribution in [-0.4, -0.2) is 41.4 Å². The third-order valence-corrected chi connectivity index (χ3v) is 4.59. The number of rotatable bonds is 5. The predicted molar refractivity (Wildman–Crippen MR) is 73.8 cm³/mol. The number of hydrogen-bond acceptors (Lipinski definition) is 6. The van der Waals surface area contributed by atoms with E-state index in [0.717, 1.165) is 19.4 Å². The standard InChI is InChI=1S/C11H19N5OS/c1-16(2)11(4-3-5-11)6-14-10-7(9(13)17)8(12)15-18-10/h14H,3-6H2,1-2H3,(H2,12,15)(H2,13,17). The van der Waals surface area contributed by atoms with Crippen molar-refractivity contribution in [1.82, 2.24) is 9.27 Å². The van der Waals surface area contributed by atoms with E-state index in [1.165, 1.54) is 18.0 Å². The lowest BCUT2D eigenvalue weighted by molar-refractivity contribution is 0.0739. The van der Waals surface area contributed by atoms with Crippen LogP contribution in [-0.2, 0) is 0 Å². The summed E-state index contributed by atoms with van der Waals surface area (Å²) in [6.45, 7) is 0.780. The summed E-state index contributed by atoms with van der Waals surface area (Å²) in [6.07, 6.45) is 3.56. The first-order valence-corrected chi connectivity index (χ1v) is 6.70. The smallest absolute Gasteiger partial charge is 0.255 e. The fraction of sp³-hybridized carbons (Fsp3) is 0.636. The Balaban J connectivity index is 2.09. The summed E-state index contributed by atoms with van der Waals surface area (Å²) in [5.74, 6) is -0.321. The van der Waals surface area contributed by atoms with Gasteiger partial charge in [0.25, 0.3) is 5.91 Å². The highest BCUT2D eigenvalue weighted by Gasteiger charge is 2.39. The molecule has 0 bridgehead atoms. The SMILES string of the molecule is CN(C)C1(CNc2snc(N)c2C(N)=O)CCC1. The van der Waals surface area contributed by atoms with Gasteiger partial charge in [0.15, 0.2) is 5.82 Å². The highest BCUT2D eigenvalue weighted by molar-refractivity contribution is 7.11. The molecule has 1 fully saturated rings. The van der Waals surface area contributed by atoms with Crippen LogP contribution in [0.15, 0.2) is 0 Å². The van der Waals surface area contributed by atoms with Gasteiger partial charge in [-0.05, 0) is 44.9 Å². The molecule has 0 spiro atoms. The highest BCUT2D eigenvalue weighted by atomic mass is 32.1. The number of anilines is 2. The molecule has 0 atom stereocenters. The first-order valence-electron chi connectivity index (χ1n) is 5.92. The van der Waals surface area contributed by atoms with Crippen molar-refractivity contribution in [2.75, 3.05) is 31.7 Å². The number of nitrogens with two attached hydrogens (primary N) is 2. The van der Waals surface area contributed by atoms with Crippen molar-refractivity contribution in [3.05, 3.63) is 5.56 Å². The second-order valence-corrected chi connectivity index (χ2v) is 5.74. The molecule has 1 aromatic rings. The van der Waals surface area contributed by atoms with Gasteiger partial charge in [0, 0.05) is 12.1 Å². The van der Waals surface area contributed by atoms with Crippen LogP contribution in [0, 0.1) is 0 Å². The number of hydrogen-bond donors (Lipinski definition) is 3. The second kappa shape index (κ2) is 4.74. The van der Waals surface area contributed by atoms with Gasteiger partial charge in [0.1, 0.15) is 10.6 Å². The van der Waals surface area contributed by atoms with Crippen molar-refractivity contribution in [3.8, 4) is 0 Å². The Labute approximate surface area is 110 Å². The van der Waals surface area contributed by atoms with Gasteiger partial charge in [-0.15, -0.1) is 0 Å². The maximum Gasteiger partial charge on any atom is 0.255 e. The highest BCUT2D eigenvalue weighted by Crippen LogP contribution is 2.37. The molecule has 1 amide bonds. The second-order valence-electron chi connectivity index (χ2n) is 4.96. The number of nitrogens with zero attached hydrogens (tertiary/aromatic N) is 2. The Bertz CT molecular complexity index is 452. The van der Waals surface area contributed by atoms with Crippen LogP contribution in [0.5, 0.6) is 0 Å². The van der Waals surface area contributed by atoms with Gasteiger partial charge in [0.05, 0.1) is 0 Å². The van der Waals surface area contributed by atoms with Gasteiger partial charge in [-0.2, -0.15) is 4.37 Å². The summed E-state index contributed by atoms with van der Waals surface area (Å²) < 4.78 is 3.97.